The number of carbonyl (C=O) groups excluding carboxylic acids is 2. The summed E-state index contributed by atoms with van der Waals surface area (Å²) in [5, 5.41) is 0. The first-order valence-electron chi connectivity index (χ1n) is 8.47. The van der Waals surface area contributed by atoms with Crippen molar-refractivity contribution >= 4 is 11.8 Å². The third kappa shape index (κ3) is 5.27. The molecule has 126 valence electrons. The first kappa shape index (κ1) is 17.3. The van der Waals surface area contributed by atoms with E-state index >= 15 is 0 Å². The van der Waals surface area contributed by atoms with Crippen molar-refractivity contribution in [2.45, 2.75) is 58.5 Å². The van der Waals surface area contributed by atoms with Crippen molar-refractivity contribution in [1.29, 1.82) is 0 Å². The standard InChI is InChI=1S/C18H26N2O3/c1-3-13(2)23-16-11-9-15(10-12-16)18(22)20-19-17(21)14-7-5-4-6-8-14/h9-14H,3-8H2,1-2H3,(H,19,21)(H,20,22). The number of ether oxygens (including phenoxy) is 1. The molecule has 1 unspecified atom stereocenters. The van der Waals surface area contributed by atoms with Crippen molar-refractivity contribution in [2.75, 3.05) is 0 Å². The second-order valence-electron chi connectivity index (χ2n) is 6.14. The molecule has 5 nitrogen and oxygen atoms in total. The van der Waals surface area contributed by atoms with Gasteiger partial charge in [-0.05, 0) is 50.5 Å². The quantitative estimate of drug-likeness (QED) is 0.819. The summed E-state index contributed by atoms with van der Waals surface area (Å²) in [7, 11) is 0. The Kier molecular flexibility index (Phi) is 6.44. The van der Waals surface area contributed by atoms with Crippen molar-refractivity contribution in [1.82, 2.24) is 10.9 Å². The Hall–Kier alpha value is -2.04. The van der Waals surface area contributed by atoms with Crippen LogP contribution >= 0.6 is 0 Å². The van der Waals surface area contributed by atoms with Gasteiger partial charge in [0.15, 0.2) is 0 Å². The zero-order valence-corrected chi connectivity index (χ0v) is 13.9. The summed E-state index contributed by atoms with van der Waals surface area (Å²) in [6.45, 7) is 4.06. The molecule has 1 fully saturated rings. The molecule has 2 rings (SSSR count). The van der Waals surface area contributed by atoms with E-state index in [0.717, 1.165) is 37.9 Å². The highest BCUT2D eigenvalue weighted by Crippen LogP contribution is 2.23. The second kappa shape index (κ2) is 8.56. The lowest BCUT2D eigenvalue weighted by molar-refractivity contribution is -0.126. The van der Waals surface area contributed by atoms with Gasteiger partial charge in [-0.3, -0.25) is 20.4 Å². The first-order valence-corrected chi connectivity index (χ1v) is 8.47. The van der Waals surface area contributed by atoms with Gasteiger partial charge in [0, 0.05) is 11.5 Å². The zero-order chi connectivity index (χ0) is 16.7. The van der Waals surface area contributed by atoms with Crippen molar-refractivity contribution in [3.05, 3.63) is 29.8 Å². The number of nitrogens with one attached hydrogen (secondary N) is 2. The lowest BCUT2D eigenvalue weighted by Crippen LogP contribution is -2.44. The van der Waals surface area contributed by atoms with Crippen LogP contribution in [0.1, 0.15) is 62.7 Å². The third-order valence-electron chi connectivity index (χ3n) is 4.30. The van der Waals surface area contributed by atoms with E-state index in [9.17, 15) is 9.59 Å². The van der Waals surface area contributed by atoms with Gasteiger partial charge >= 0.3 is 0 Å². The molecular formula is C18H26N2O3. The molecule has 1 atom stereocenters. The van der Waals surface area contributed by atoms with E-state index in [1.807, 2.05) is 6.92 Å². The van der Waals surface area contributed by atoms with Gasteiger partial charge in [-0.1, -0.05) is 26.2 Å². The molecule has 1 aromatic rings. The largest absolute Gasteiger partial charge is 0.491 e. The van der Waals surface area contributed by atoms with Crippen molar-refractivity contribution in [3.63, 3.8) is 0 Å². The molecule has 0 spiro atoms. The van der Waals surface area contributed by atoms with Gasteiger partial charge in [0.25, 0.3) is 5.91 Å². The maximum Gasteiger partial charge on any atom is 0.269 e. The lowest BCUT2D eigenvalue weighted by atomic mass is 9.89. The van der Waals surface area contributed by atoms with Crippen molar-refractivity contribution < 1.29 is 14.3 Å². The molecule has 0 saturated heterocycles. The average Bonchev–Trinajstić information content (AvgIpc) is 2.60. The average molecular weight is 318 g/mol. The smallest absolute Gasteiger partial charge is 0.269 e. The maximum atomic E-state index is 12.1. The van der Waals surface area contributed by atoms with E-state index < -0.39 is 0 Å². The van der Waals surface area contributed by atoms with Gasteiger partial charge < -0.3 is 4.74 Å². The first-order chi connectivity index (χ1) is 11.1. The van der Waals surface area contributed by atoms with Gasteiger partial charge in [0.05, 0.1) is 6.10 Å². The molecule has 0 heterocycles. The van der Waals surface area contributed by atoms with Gasteiger partial charge in [0.2, 0.25) is 5.91 Å². The minimum atomic E-state index is -0.316. The van der Waals surface area contributed by atoms with Crippen LogP contribution < -0.4 is 15.6 Å². The van der Waals surface area contributed by atoms with Crippen LogP contribution in [0.2, 0.25) is 0 Å². The van der Waals surface area contributed by atoms with Gasteiger partial charge in [0.1, 0.15) is 5.75 Å². The molecule has 1 aliphatic carbocycles. The summed E-state index contributed by atoms with van der Waals surface area (Å²) in [4.78, 5) is 24.1. The molecule has 1 aliphatic rings. The predicted octanol–water partition coefficient (Wildman–Crippen LogP) is 3.21. The summed E-state index contributed by atoms with van der Waals surface area (Å²) in [6.07, 6.45) is 6.25. The molecule has 0 radical (unpaired) electrons. The van der Waals surface area contributed by atoms with Crippen LogP contribution in [0.25, 0.3) is 0 Å². The number of hydrogen-bond acceptors (Lipinski definition) is 3. The highest BCUT2D eigenvalue weighted by molar-refractivity contribution is 5.95. The summed E-state index contributed by atoms with van der Waals surface area (Å²) >= 11 is 0. The fourth-order valence-corrected chi connectivity index (χ4v) is 2.66. The van der Waals surface area contributed by atoms with E-state index in [4.69, 9.17) is 4.74 Å². The Morgan fingerprint density at radius 2 is 1.78 bits per heavy atom. The van der Waals surface area contributed by atoms with Crippen LogP contribution in [0.3, 0.4) is 0 Å². The van der Waals surface area contributed by atoms with E-state index in [1.54, 1.807) is 24.3 Å². The van der Waals surface area contributed by atoms with Crippen LogP contribution in [-0.2, 0) is 4.79 Å². The third-order valence-corrected chi connectivity index (χ3v) is 4.30. The van der Waals surface area contributed by atoms with E-state index in [1.165, 1.54) is 6.42 Å². The molecule has 0 aliphatic heterocycles. The summed E-state index contributed by atoms with van der Waals surface area (Å²) in [6, 6.07) is 6.92. The Morgan fingerprint density at radius 3 is 2.39 bits per heavy atom. The number of hydrazine groups is 1. The van der Waals surface area contributed by atoms with Crippen LogP contribution in [0.4, 0.5) is 0 Å². The Labute approximate surface area is 137 Å². The molecule has 2 N–H and O–H groups in total. The van der Waals surface area contributed by atoms with E-state index in [0.29, 0.717) is 5.56 Å². The maximum absolute atomic E-state index is 12.1. The van der Waals surface area contributed by atoms with Crippen LogP contribution in [0.15, 0.2) is 24.3 Å². The molecule has 1 saturated carbocycles. The Morgan fingerprint density at radius 1 is 1.13 bits per heavy atom. The van der Waals surface area contributed by atoms with Crippen molar-refractivity contribution in [3.8, 4) is 5.75 Å². The Balaban J connectivity index is 1.82. The number of carbonyl (C=O) groups is 2. The predicted molar refractivity (Wildman–Crippen MR) is 89.0 cm³/mol. The topological polar surface area (TPSA) is 67.4 Å². The highest BCUT2D eigenvalue weighted by Gasteiger charge is 2.21. The van der Waals surface area contributed by atoms with Gasteiger partial charge in [-0.2, -0.15) is 0 Å². The molecular weight excluding hydrogens is 292 g/mol. The van der Waals surface area contributed by atoms with Crippen LogP contribution in [0, 0.1) is 5.92 Å². The normalized spacial score (nSPS) is 16.4. The lowest BCUT2D eigenvalue weighted by Gasteiger charge is -2.20. The zero-order valence-electron chi connectivity index (χ0n) is 13.9. The molecule has 0 aromatic heterocycles. The molecule has 1 aromatic carbocycles. The molecule has 0 bridgehead atoms. The fraction of sp³-hybridized carbons (Fsp3) is 0.556. The number of hydrogen-bond donors (Lipinski definition) is 2. The van der Waals surface area contributed by atoms with Crippen molar-refractivity contribution in [2.24, 2.45) is 5.92 Å². The fourth-order valence-electron chi connectivity index (χ4n) is 2.66. The molecule has 5 heteroatoms. The SMILES string of the molecule is CCC(C)Oc1ccc(C(=O)NNC(=O)C2CCCCC2)cc1. The number of amides is 2. The second-order valence-corrected chi connectivity index (χ2v) is 6.14. The summed E-state index contributed by atoms with van der Waals surface area (Å²) < 4.78 is 5.67. The minimum Gasteiger partial charge on any atom is -0.491 e. The van der Waals surface area contributed by atoms with Gasteiger partial charge in [-0.25, -0.2) is 0 Å². The summed E-state index contributed by atoms with van der Waals surface area (Å²) in [5.74, 6) is 0.358. The number of rotatable bonds is 5. The van der Waals surface area contributed by atoms with Gasteiger partial charge in [-0.15, -0.1) is 0 Å². The number of benzene rings is 1. The minimum absolute atomic E-state index is 0.0235. The Bertz CT molecular complexity index is 522. The highest BCUT2D eigenvalue weighted by atomic mass is 16.5. The summed E-state index contributed by atoms with van der Waals surface area (Å²) in [5.41, 5.74) is 5.52. The molecule has 23 heavy (non-hydrogen) atoms. The monoisotopic (exact) mass is 318 g/mol. The van der Waals surface area contributed by atoms with Crippen LogP contribution in [-0.4, -0.2) is 17.9 Å². The van der Waals surface area contributed by atoms with Crippen LogP contribution in [0.5, 0.6) is 5.75 Å². The van der Waals surface area contributed by atoms with E-state index in [-0.39, 0.29) is 23.8 Å². The molecule has 2 amide bonds. The van der Waals surface area contributed by atoms with E-state index in [2.05, 4.69) is 17.8 Å².